The zero-order valence-electron chi connectivity index (χ0n) is 4.81. The molecule has 1 aromatic heterocycles. The first-order valence-corrected chi connectivity index (χ1v) is 4.60. The molecule has 4 heteroatoms. The van der Waals surface area contributed by atoms with Crippen molar-refractivity contribution in [1.82, 2.24) is 4.98 Å². The molecule has 0 aliphatic carbocycles. The minimum atomic E-state index is 0.719. The molecule has 0 saturated heterocycles. The number of rotatable bonds is 0. The number of hydrogen-bond acceptors (Lipinski definition) is 2. The molecule has 0 unspecified atom stereocenters. The lowest BCUT2D eigenvalue weighted by molar-refractivity contribution is 1.26. The molecule has 0 aliphatic rings. The second kappa shape index (κ2) is 3.48. The van der Waals surface area contributed by atoms with Gasteiger partial charge in [0.25, 0.3) is 0 Å². The van der Waals surface area contributed by atoms with Crippen molar-refractivity contribution >= 4 is 45.2 Å². The van der Waals surface area contributed by atoms with Gasteiger partial charge in [-0.3, -0.25) is 4.98 Å². The van der Waals surface area contributed by atoms with Crippen molar-refractivity contribution in [3.8, 4) is 6.07 Å². The van der Waals surface area contributed by atoms with Crippen LogP contribution < -0.4 is 0 Å². The fourth-order valence-electron chi connectivity index (χ4n) is 0.518. The molecule has 50 valence electrons. The lowest BCUT2D eigenvalue weighted by atomic mass is 10.3. The first-order chi connectivity index (χ1) is 4.75. The van der Waals surface area contributed by atoms with Gasteiger partial charge >= 0.3 is 0 Å². The Morgan fingerprint density at radius 3 is 2.10 bits per heavy atom. The molecule has 1 aromatic rings. The molecule has 0 N–H and O–H groups in total. The fraction of sp³-hybridized carbons (Fsp3) is 0. The number of hydrogen-bond donors (Lipinski definition) is 0. The van der Waals surface area contributed by atoms with Gasteiger partial charge in [-0.2, -0.15) is 5.26 Å². The molecule has 0 radical (unpaired) electrons. The minimum Gasteiger partial charge on any atom is -0.262 e. The molecule has 0 saturated carbocycles. The molecular weight excluding hydrogens is 354 g/mol. The van der Waals surface area contributed by atoms with Gasteiger partial charge in [0.2, 0.25) is 0 Å². The zero-order valence-corrected chi connectivity index (χ0v) is 9.12. The quantitative estimate of drug-likeness (QED) is 0.669. The van der Waals surface area contributed by atoms with Gasteiger partial charge in [0, 0.05) is 12.4 Å². The minimum absolute atomic E-state index is 0.719. The highest BCUT2D eigenvalue weighted by atomic mass is 127. The van der Waals surface area contributed by atoms with Crippen LogP contribution in [0.25, 0.3) is 0 Å². The van der Waals surface area contributed by atoms with Crippen LogP contribution in [0.3, 0.4) is 0 Å². The Labute approximate surface area is 85.9 Å². The average Bonchev–Trinajstić information content (AvgIpc) is 1.88. The standard InChI is InChI=1S/C6H2I2N2/c7-5-2-10-3-6(8)4(5)1-9/h2-3H. The normalized spacial score (nSPS) is 8.90. The molecule has 0 aliphatic heterocycles. The molecule has 10 heavy (non-hydrogen) atoms. The van der Waals surface area contributed by atoms with Crippen LogP contribution in [0.4, 0.5) is 0 Å². The first-order valence-electron chi connectivity index (χ1n) is 2.45. The summed E-state index contributed by atoms with van der Waals surface area (Å²) in [6, 6.07) is 2.11. The van der Waals surface area contributed by atoms with Crippen molar-refractivity contribution < 1.29 is 0 Å². The van der Waals surface area contributed by atoms with E-state index in [2.05, 4.69) is 56.2 Å². The summed E-state index contributed by atoms with van der Waals surface area (Å²) >= 11 is 4.19. The van der Waals surface area contributed by atoms with Gasteiger partial charge in [0.15, 0.2) is 0 Å². The number of halogens is 2. The van der Waals surface area contributed by atoms with Gasteiger partial charge in [-0.05, 0) is 45.2 Å². The maximum absolute atomic E-state index is 8.61. The Balaban J connectivity index is 3.34. The predicted octanol–water partition coefficient (Wildman–Crippen LogP) is 2.16. The lowest BCUT2D eigenvalue weighted by Crippen LogP contribution is -1.87. The average molecular weight is 356 g/mol. The molecule has 0 aromatic carbocycles. The van der Waals surface area contributed by atoms with E-state index in [0.29, 0.717) is 0 Å². The summed E-state index contributed by atoms with van der Waals surface area (Å²) in [5.41, 5.74) is 0.719. The zero-order chi connectivity index (χ0) is 7.56. The Bertz CT molecular complexity index is 270. The molecule has 2 nitrogen and oxygen atoms in total. The van der Waals surface area contributed by atoms with E-state index < -0.39 is 0 Å². The monoisotopic (exact) mass is 356 g/mol. The summed E-state index contributed by atoms with van der Waals surface area (Å²) < 4.78 is 1.82. The second-order valence-corrected chi connectivity index (χ2v) is 3.91. The molecule has 1 heterocycles. The van der Waals surface area contributed by atoms with E-state index in [1.165, 1.54) is 0 Å². The summed E-state index contributed by atoms with van der Waals surface area (Å²) in [7, 11) is 0. The number of nitriles is 1. The van der Waals surface area contributed by atoms with E-state index in [0.717, 1.165) is 12.7 Å². The van der Waals surface area contributed by atoms with Crippen LogP contribution >= 0.6 is 45.2 Å². The van der Waals surface area contributed by atoms with Gasteiger partial charge in [-0.15, -0.1) is 0 Å². The Morgan fingerprint density at radius 1 is 1.30 bits per heavy atom. The Hall–Kier alpha value is 0.100. The highest BCUT2D eigenvalue weighted by molar-refractivity contribution is 14.1. The van der Waals surface area contributed by atoms with Gasteiger partial charge in [-0.25, -0.2) is 0 Å². The van der Waals surface area contributed by atoms with E-state index in [9.17, 15) is 0 Å². The summed E-state index contributed by atoms with van der Waals surface area (Å²) in [4.78, 5) is 3.93. The highest BCUT2D eigenvalue weighted by Crippen LogP contribution is 2.15. The maximum Gasteiger partial charge on any atom is 0.101 e. The third-order valence-electron chi connectivity index (χ3n) is 0.965. The lowest BCUT2D eigenvalue weighted by Gasteiger charge is -1.94. The van der Waals surface area contributed by atoms with Crippen molar-refractivity contribution in [2.24, 2.45) is 0 Å². The number of aromatic nitrogens is 1. The van der Waals surface area contributed by atoms with Crippen LogP contribution in [-0.4, -0.2) is 4.98 Å². The van der Waals surface area contributed by atoms with E-state index in [1.807, 2.05) is 0 Å². The van der Waals surface area contributed by atoms with Crippen molar-refractivity contribution in [1.29, 1.82) is 5.26 Å². The van der Waals surface area contributed by atoms with Crippen molar-refractivity contribution in [2.45, 2.75) is 0 Å². The van der Waals surface area contributed by atoms with Gasteiger partial charge in [0.05, 0.1) is 12.7 Å². The molecule has 1 rings (SSSR count). The topological polar surface area (TPSA) is 36.7 Å². The van der Waals surface area contributed by atoms with Gasteiger partial charge < -0.3 is 0 Å². The molecule has 0 fully saturated rings. The fourth-order valence-corrected chi connectivity index (χ4v) is 2.18. The summed E-state index contributed by atoms with van der Waals surface area (Å²) in [5.74, 6) is 0. The molecule has 0 bridgehead atoms. The Morgan fingerprint density at radius 2 is 1.80 bits per heavy atom. The number of nitrogens with zero attached hydrogens (tertiary/aromatic N) is 2. The van der Waals surface area contributed by atoms with Crippen molar-refractivity contribution in [3.05, 3.63) is 25.1 Å². The van der Waals surface area contributed by atoms with Crippen LogP contribution in [0.5, 0.6) is 0 Å². The van der Waals surface area contributed by atoms with Crippen LogP contribution in [0.15, 0.2) is 12.4 Å². The third kappa shape index (κ3) is 1.58. The summed E-state index contributed by atoms with van der Waals surface area (Å²) in [6.45, 7) is 0. The smallest absolute Gasteiger partial charge is 0.101 e. The molecular formula is C6H2I2N2. The van der Waals surface area contributed by atoms with E-state index >= 15 is 0 Å². The van der Waals surface area contributed by atoms with Crippen LogP contribution in [0.1, 0.15) is 5.56 Å². The maximum atomic E-state index is 8.61. The van der Waals surface area contributed by atoms with Crippen molar-refractivity contribution in [2.75, 3.05) is 0 Å². The SMILES string of the molecule is N#Cc1c(I)cncc1I. The van der Waals surface area contributed by atoms with Crippen LogP contribution in [0.2, 0.25) is 0 Å². The first kappa shape index (κ1) is 8.20. The predicted molar refractivity (Wildman–Crippen MR) is 54.4 cm³/mol. The largest absolute Gasteiger partial charge is 0.262 e. The molecule has 0 atom stereocenters. The van der Waals surface area contributed by atoms with E-state index in [1.54, 1.807) is 12.4 Å². The van der Waals surface area contributed by atoms with E-state index in [4.69, 9.17) is 5.26 Å². The highest BCUT2D eigenvalue weighted by Gasteiger charge is 2.01. The van der Waals surface area contributed by atoms with Crippen LogP contribution in [-0.2, 0) is 0 Å². The Kier molecular flexibility index (Phi) is 2.85. The summed E-state index contributed by atoms with van der Waals surface area (Å²) in [5, 5.41) is 8.61. The van der Waals surface area contributed by atoms with Crippen LogP contribution in [0, 0.1) is 18.5 Å². The second-order valence-electron chi connectivity index (χ2n) is 1.59. The third-order valence-corrected chi connectivity index (χ3v) is 2.60. The number of pyridine rings is 1. The summed E-state index contributed by atoms with van der Waals surface area (Å²) in [6.07, 6.45) is 3.36. The molecule has 0 amide bonds. The van der Waals surface area contributed by atoms with Gasteiger partial charge in [-0.1, -0.05) is 0 Å². The van der Waals surface area contributed by atoms with Crippen molar-refractivity contribution in [3.63, 3.8) is 0 Å². The van der Waals surface area contributed by atoms with Gasteiger partial charge in [0.1, 0.15) is 6.07 Å². The molecule has 0 spiro atoms. The van der Waals surface area contributed by atoms with E-state index in [-0.39, 0.29) is 0 Å².